The number of carbonyl (C=O) groups excluding carboxylic acids is 2. The van der Waals surface area contributed by atoms with Crippen molar-refractivity contribution >= 4 is 63.4 Å². The van der Waals surface area contributed by atoms with Gasteiger partial charge < -0.3 is 19.4 Å². The van der Waals surface area contributed by atoms with Crippen molar-refractivity contribution in [1.29, 1.82) is 0 Å². The number of rotatable bonds is 5. The molecule has 1 aromatic heterocycles. The molecular weight excluding hydrogens is 564 g/mol. The molecule has 0 radical (unpaired) electrons. The van der Waals surface area contributed by atoms with Gasteiger partial charge in [0.25, 0.3) is 0 Å². The molecule has 3 aromatic carbocycles. The van der Waals surface area contributed by atoms with Gasteiger partial charge in [-0.1, -0.05) is 65.3 Å². The molecule has 1 aliphatic carbocycles. The van der Waals surface area contributed by atoms with Crippen molar-refractivity contribution in [2.24, 2.45) is 0 Å². The predicted molar refractivity (Wildman–Crippen MR) is 136 cm³/mol. The van der Waals surface area contributed by atoms with E-state index < -0.39 is 23.2 Å². The number of carboxylic acids is 1. The summed E-state index contributed by atoms with van der Waals surface area (Å²) >= 11 is 13.6. The molecule has 5 nitrogen and oxygen atoms in total. The number of nitrogens with zero attached hydrogens (tertiary/aromatic N) is 2. The van der Waals surface area contributed by atoms with Gasteiger partial charge in [-0.15, -0.1) is 0 Å². The molecule has 1 saturated carbocycles. The Labute approximate surface area is 253 Å². The summed E-state index contributed by atoms with van der Waals surface area (Å²) in [6.45, 7) is 0.285. The van der Waals surface area contributed by atoms with Crippen LogP contribution in [0.3, 0.4) is 0 Å². The Balaban J connectivity index is 0.00000294. The topological polar surface area (TPSA) is 65.4 Å². The van der Waals surface area contributed by atoms with E-state index in [-0.39, 0.29) is 72.9 Å². The number of hydrogen-bond acceptors (Lipinski definition) is 4. The number of para-hydroxylation sites is 1. The second-order valence-electron chi connectivity index (χ2n) is 9.25. The first-order valence-electron chi connectivity index (χ1n) is 11.4. The number of halogens is 4. The number of aromatic carboxylic acids is 1. The van der Waals surface area contributed by atoms with Crippen LogP contribution in [0.1, 0.15) is 28.8 Å². The van der Waals surface area contributed by atoms with E-state index in [1.807, 2.05) is 24.3 Å². The SMILES string of the molecule is O=C([O-])c1cccc(Sc2c(Cl)n(CC(=O)N3CC4(CC4)c4ccccc43)c3c(F)c(Cl)ccc23)c1F.[Na+]. The normalized spacial score (nSPS) is 15.0. The van der Waals surface area contributed by atoms with Gasteiger partial charge in [0.2, 0.25) is 5.91 Å². The second kappa shape index (κ2) is 10.2. The molecule has 1 spiro atoms. The van der Waals surface area contributed by atoms with Gasteiger partial charge in [-0.05, 0) is 42.7 Å². The Bertz CT molecular complexity index is 1640. The number of fused-ring (bicyclic) bond motifs is 3. The molecule has 1 fully saturated rings. The largest absolute Gasteiger partial charge is 1.00 e. The van der Waals surface area contributed by atoms with Crippen molar-refractivity contribution in [2.45, 2.75) is 34.6 Å². The van der Waals surface area contributed by atoms with Gasteiger partial charge in [-0.2, -0.15) is 0 Å². The van der Waals surface area contributed by atoms with E-state index in [1.165, 1.54) is 22.8 Å². The summed E-state index contributed by atoms with van der Waals surface area (Å²) in [6, 6.07) is 14.5. The van der Waals surface area contributed by atoms with E-state index in [1.54, 1.807) is 11.0 Å². The molecule has 0 atom stereocenters. The number of amides is 1. The first kappa shape index (κ1) is 27.5. The third-order valence-electron chi connectivity index (χ3n) is 7.08. The Hall–Kier alpha value is -2.07. The van der Waals surface area contributed by atoms with Crippen molar-refractivity contribution < 1.29 is 53.0 Å². The molecule has 188 valence electrons. The molecule has 0 saturated heterocycles. The Morgan fingerprint density at radius 1 is 1.00 bits per heavy atom. The first-order valence-corrected chi connectivity index (χ1v) is 13.0. The van der Waals surface area contributed by atoms with Crippen LogP contribution in [-0.4, -0.2) is 23.0 Å². The molecule has 1 amide bonds. The van der Waals surface area contributed by atoms with Crippen molar-refractivity contribution in [3.05, 3.63) is 87.5 Å². The van der Waals surface area contributed by atoms with E-state index in [2.05, 4.69) is 0 Å². The number of aromatic nitrogens is 1. The molecule has 0 N–H and O–H groups in total. The fourth-order valence-corrected chi connectivity index (χ4v) is 6.62. The zero-order valence-corrected chi connectivity index (χ0v) is 24.4. The number of benzene rings is 3. The molecular formula is C27H17Cl2F2N2NaO3S. The van der Waals surface area contributed by atoms with E-state index in [4.69, 9.17) is 23.2 Å². The van der Waals surface area contributed by atoms with Gasteiger partial charge in [-0.25, -0.2) is 8.78 Å². The summed E-state index contributed by atoms with van der Waals surface area (Å²) in [5.74, 6) is -3.67. The summed E-state index contributed by atoms with van der Waals surface area (Å²) < 4.78 is 31.5. The minimum atomic E-state index is -1.66. The first-order chi connectivity index (χ1) is 17.7. The van der Waals surface area contributed by atoms with Crippen molar-refractivity contribution in [2.75, 3.05) is 11.4 Å². The Morgan fingerprint density at radius 3 is 2.45 bits per heavy atom. The summed E-state index contributed by atoms with van der Waals surface area (Å²) in [6.07, 6.45) is 2.00. The minimum Gasteiger partial charge on any atom is -0.545 e. The molecule has 1 aliphatic heterocycles. The van der Waals surface area contributed by atoms with Crippen LogP contribution in [0.15, 0.2) is 64.4 Å². The fourth-order valence-electron chi connectivity index (χ4n) is 5.07. The van der Waals surface area contributed by atoms with Crippen molar-refractivity contribution in [3.8, 4) is 0 Å². The number of hydrogen-bond donors (Lipinski definition) is 0. The minimum absolute atomic E-state index is 0. The molecule has 0 unspecified atom stereocenters. The predicted octanol–water partition coefficient (Wildman–Crippen LogP) is 2.82. The quantitative estimate of drug-likeness (QED) is 0.341. The van der Waals surface area contributed by atoms with E-state index in [0.717, 1.165) is 41.9 Å². The fraction of sp³-hybridized carbons (Fsp3) is 0.185. The van der Waals surface area contributed by atoms with Crippen LogP contribution >= 0.6 is 35.0 Å². The van der Waals surface area contributed by atoms with Crippen LogP contribution in [0.25, 0.3) is 10.9 Å². The zero-order valence-electron chi connectivity index (χ0n) is 20.1. The number of anilines is 1. The average Bonchev–Trinajstić information content (AvgIpc) is 3.52. The van der Waals surface area contributed by atoms with E-state index in [0.29, 0.717) is 11.9 Å². The summed E-state index contributed by atoms with van der Waals surface area (Å²) in [5.41, 5.74) is 1.37. The van der Waals surface area contributed by atoms with Gasteiger partial charge in [0.05, 0.1) is 21.4 Å². The molecule has 38 heavy (non-hydrogen) atoms. The van der Waals surface area contributed by atoms with E-state index in [9.17, 15) is 19.1 Å². The summed E-state index contributed by atoms with van der Waals surface area (Å²) in [4.78, 5) is 26.8. The maximum atomic E-state index is 15.3. The third kappa shape index (κ3) is 4.35. The molecule has 2 aliphatic rings. The molecule has 2 heterocycles. The number of carbonyl (C=O) groups is 2. The van der Waals surface area contributed by atoms with Crippen LogP contribution in [-0.2, 0) is 16.8 Å². The average molecular weight is 581 g/mol. The van der Waals surface area contributed by atoms with Gasteiger partial charge in [0, 0.05) is 33.5 Å². The third-order valence-corrected chi connectivity index (χ3v) is 9.03. The molecule has 0 bridgehead atoms. The Morgan fingerprint density at radius 2 is 1.74 bits per heavy atom. The molecule has 4 aromatic rings. The van der Waals surface area contributed by atoms with Crippen molar-refractivity contribution in [3.63, 3.8) is 0 Å². The zero-order chi connectivity index (χ0) is 26.1. The summed E-state index contributed by atoms with van der Waals surface area (Å²) in [5, 5.41) is 11.5. The van der Waals surface area contributed by atoms with E-state index >= 15 is 4.39 Å². The van der Waals surface area contributed by atoms with Gasteiger partial charge >= 0.3 is 29.6 Å². The standard InChI is InChI=1S/C27H18Cl2F2N2O3S.Na/c28-17-9-8-15-23(22(17)31)32(25(29)24(15)37-19-7-3-4-14(21(19)30)26(35)36)12-20(34)33-13-27(10-11-27)16-5-1-2-6-18(16)33;/h1-9H,10-13H2,(H,35,36);/q;+1/p-1. The number of carboxylic acid groups (broad SMARTS) is 1. The van der Waals surface area contributed by atoms with Gasteiger partial charge in [-0.3, -0.25) is 4.79 Å². The monoisotopic (exact) mass is 580 g/mol. The van der Waals surface area contributed by atoms with Crippen LogP contribution in [0.2, 0.25) is 10.2 Å². The maximum absolute atomic E-state index is 15.3. The maximum Gasteiger partial charge on any atom is 1.00 e. The molecule has 6 rings (SSSR count). The van der Waals surface area contributed by atoms with Crippen LogP contribution < -0.4 is 39.6 Å². The smallest absolute Gasteiger partial charge is 0.545 e. The van der Waals surface area contributed by atoms with Crippen LogP contribution in [0.5, 0.6) is 0 Å². The Kier molecular flexibility index (Phi) is 7.35. The second-order valence-corrected chi connectivity index (χ2v) is 11.1. The van der Waals surface area contributed by atoms with Gasteiger partial charge in [0.15, 0.2) is 5.82 Å². The van der Waals surface area contributed by atoms with Gasteiger partial charge in [0.1, 0.15) is 17.5 Å². The summed E-state index contributed by atoms with van der Waals surface area (Å²) in [7, 11) is 0. The van der Waals surface area contributed by atoms with Crippen LogP contribution in [0, 0.1) is 11.6 Å². The van der Waals surface area contributed by atoms with Crippen molar-refractivity contribution in [1.82, 2.24) is 4.57 Å². The van der Waals surface area contributed by atoms with Crippen LogP contribution in [0.4, 0.5) is 14.5 Å². The molecule has 11 heteroatoms.